The topological polar surface area (TPSA) is 408 Å². The van der Waals surface area contributed by atoms with Crippen LogP contribution in [0.2, 0.25) is 0 Å². The molecule has 0 aromatic carbocycles. The first-order valence-corrected chi connectivity index (χ1v) is 23.5. The maximum absolute atomic E-state index is 13.9. The minimum Gasteiger partial charge on any atom is -0.481 e. The fourth-order valence-corrected chi connectivity index (χ4v) is 7.27. The van der Waals surface area contributed by atoms with Crippen molar-refractivity contribution in [2.75, 3.05) is 19.7 Å². The van der Waals surface area contributed by atoms with Crippen LogP contribution in [0.3, 0.4) is 0 Å². The van der Waals surface area contributed by atoms with Crippen molar-refractivity contribution in [1.82, 2.24) is 42.1 Å². The lowest BCUT2D eigenvalue weighted by Crippen LogP contribution is -2.62. The first-order chi connectivity index (χ1) is 32.3. The van der Waals surface area contributed by atoms with Gasteiger partial charge in [0.05, 0.1) is 12.6 Å². The number of aliphatic hydroxyl groups is 1. The van der Waals surface area contributed by atoms with Gasteiger partial charge in [-0.25, -0.2) is 4.79 Å². The number of nitrogens with zero attached hydrogens (tertiary/aromatic N) is 1. The Morgan fingerprint density at radius 1 is 0.580 bits per heavy atom. The molecule has 25 heteroatoms. The molecule has 0 aliphatic carbocycles. The molecule has 0 radical (unpaired) electrons. The first-order valence-electron chi connectivity index (χ1n) is 23.5. The van der Waals surface area contributed by atoms with Gasteiger partial charge in [0.15, 0.2) is 0 Å². The molecule has 15 N–H and O–H groups in total. The summed E-state index contributed by atoms with van der Waals surface area (Å²) in [5, 5.41) is 55.8. The van der Waals surface area contributed by atoms with Gasteiger partial charge in [0.2, 0.25) is 47.3 Å². The molecule has 1 saturated heterocycles. The molecule has 0 spiro atoms. The Kier molecular flexibility index (Phi) is 27.0. The molecule has 1 aliphatic rings. The molecule has 392 valence electrons. The van der Waals surface area contributed by atoms with Crippen LogP contribution >= 0.6 is 0 Å². The summed E-state index contributed by atoms with van der Waals surface area (Å²) in [5.74, 6) is -12.6. The maximum Gasteiger partial charge on any atom is 0.326 e. The van der Waals surface area contributed by atoms with Gasteiger partial charge in [-0.1, -0.05) is 54.4 Å². The molecule has 0 aromatic heterocycles. The van der Waals surface area contributed by atoms with Crippen LogP contribution in [0, 0.1) is 17.8 Å². The number of unbranched alkanes of at least 4 members (excludes halogenated alkanes) is 1. The summed E-state index contributed by atoms with van der Waals surface area (Å²) in [7, 11) is 0. The Labute approximate surface area is 402 Å². The van der Waals surface area contributed by atoms with Crippen LogP contribution in [-0.4, -0.2) is 165 Å². The number of hydrogen-bond acceptors (Lipinski definition) is 14. The second kappa shape index (κ2) is 30.5. The molecular formula is C44H76N10O15. The zero-order valence-corrected chi connectivity index (χ0v) is 40.7. The molecule has 0 bridgehead atoms. The van der Waals surface area contributed by atoms with Crippen molar-refractivity contribution < 1.29 is 73.2 Å². The van der Waals surface area contributed by atoms with Crippen LogP contribution in [0.5, 0.6) is 0 Å². The third-order valence-electron chi connectivity index (χ3n) is 12.0. The summed E-state index contributed by atoms with van der Waals surface area (Å²) in [5.41, 5.74) is 11.2. The van der Waals surface area contributed by atoms with Gasteiger partial charge in [-0.3, -0.25) is 47.9 Å². The van der Waals surface area contributed by atoms with Gasteiger partial charge in [-0.05, 0) is 76.2 Å². The van der Waals surface area contributed by atoms with E-state index in [9.17, 15) is 73.2 Å². The molecular weight excluding hydrogens is 909 g/mol. The Morgan fingerprint density at radius 2 is 1.04 bits per heavy atom. The fourth-order valence-electron chi connectivity index (χ4n) is 7.27. The average molecular weight is 985 g/mol. The number of aliphatic hydroxyl groups excluding tert-OH is 1. The van der Waals surface area contributed by atoms with Gasteiger partial charge in [-0.2, -0.15) is 0 Å². The monoisotopic (exact) mass is 985 g/mol. The number of carbonyl (C=O) groups excluding carboxylic acids is 8. The third-order valence-corrected chi connectivity index (χ3v) is 12.0. The Morgan fingerprint density at radius 3 is 1.51 bits per heavy atom. The highest BCUT2D eigenvalue weighted by atomic mass is 16.4. The van der Waals surface area contributed by atoms with E-state index in [-0.39, 0.29) is 38.3 Å². The molecule has 0 aromatic rings. The largest absolute Gasteiger partial charge is 0.481 e. The predicted molar refractivity (Wildman–Crippen MR) is 247 cm³/mol. The van der Waals surface area contributed by atoms with E-state index in [2.05, 4.69) is 37.2 Å². The quantitative estimate of drug-likeness (QED) is 0.0307. The number of carboxylic acid groups (broad SMARTS) is 3. The summed E-state index contributed by atoms with van der Waals surface area (Å²) in [6.45, 7) is 11.0. The summed E-state index contributed by atoms with van der Waals surface area (Å²) in [4.78, 5) is 145. The van der Waals surface area contributed by atoms with Crippen LogP contribution in [0.1, 0.15) is 119 Å². The van der Waals surface area contributed by atoms with E-state index >= 15 is 0 Å². The van der Waals surface area contributed by atoms with Gasteiger partial charge in [0, 0.05) is 19.4 Å². The molecule has 1 aliphatic heterocycles. The van der Waals surface area contributed by atoms with E-state index in [1.165, 1.54) is 11.8 Å². The number of nitrogens with two attached hydrogens (primary N) is 2. The van der Waals surface area contributed by atoms with Gasteiger partial charge < -0.3 is 74.0 Å². The van der Waals surface area contributed by atoms with E-state index in [1.54, 1.807) is 34.6 Å². The second-order valence-corrected chi connectivity index (χ2v) is 17.9. The summed E-state index contributed by atoms with van der Waals surface area (Å²) < 4.78 is 0. The Hall–Kier alpha value is -5.95. The molecule has 25 nitrogen and oxygen atoms in total. The molecule has 11 atom stereocenters. The van der Waals surface area contributed by atoms with Gasteiger partial charge in [-0.15, -0.1) is 0 Å². The first kappa shape index (κ1) is 61.1. The average Bonchev–Trinajstić information content (AvgIpc) is 3.79. The van der Waals surface area contributed by atoms with E-state index < -0.39 is 164 Å². The second-order valence-electron chi connectivity index (χ2n) is 17.9. The van der Waals surface area contributed by atoms with Gasteiger partial charge >= 0.3 is 17.9 Å². The molecule has 0 saturated carbocycles. The number of nitrogens with one attached hydrogen (secondary N) is 7. The minimum absolute atomic E-state index is 0.0328. The molecule has 1 fully saturated rings. The van der Waals surface area contributed by atoms with Crippen molar-refractivity contribution in [3.05, 3.63) is 0 Å². The minimum atomic E-state index is -1.70. The van der Waals surface area contributed by atoms with E-state index in [4.69, 9.17) is 11.5 Å². The standard InChI is InChI=1S/C44H76N10O15/c1-8-23(5)34(42(66)48-27(16-18-32(58)59)37(61)47-26(15-17-31(56)57)38(62)49-28(44(68)69)13-10-11-19-45)52-39(63)29(21-55)50-41(65)33(22(3)4)51-40(64)30-14-12-20-54(30)43(67)35(24(6)9-2)53-36(60)25(7)46/h22-30,33-35,55H,8-21,45-46H2,1-7H3,(H,47,61)(H,48,66)(H,49,62)(H,50,65)(H,51,64)(H,52,63)(H,53,60)(H,56,57)(H,58,59)(H,68,69)/t23-,24-,25-,26-,27-,28-,29-,30-,33-,34-,35-/m0/s1. The number of carbonyl (C=O) groups is 11. The zero-order chi connectivity index (χ0) is 52.7. The number of carboxylic acids is 3. The fraction of sp³-hybridized carbons (Fsp3) is 0.750. The number of amides is 8. The predicted octanol–water partition coefficient (Wildman–Crippen LogP) is -2.60. The lowest BCUT2D eigenvalue weighted by molar-refractivity contribution is -0.143. The van der Waals surface area contributed by atoms with E-state index in [0.29, 0.717) is 25.7 Å². The summed E-state index contributed by atoms with van der Waals surface area (Å²) in [6, 6.07) is -12.1. The lowest BCUT2D eigenvalue weighted by Gasteiger charge is -2.33. The van der Waals surface area contributed by atoms with E-state index in [0.717, 1.165) is 0 Å². The van der Waals surface area contributed by atoms with Crippen molar-refractivity contribution >= 4 is 65.2 Å². The Balaban J connectivity index is 3.32. The van der Waals surface area contributed by atoms with Crippen LogP contribution < -0.4 is 48.7 Å². The highest BCUT2D eigenvalue weighted by Gasteiger charge is 2.41. The highest BCUT2D eigenvalue weighted by molar-refractivity contribution is 5.98. The summed E-state index contributed by atoms with van der Waals surface area (Å²) >= 11 is 0. The Bertz CT molecular complexity index is 1800. The molecule has 8 amide bonds. The molecule has 69 heavy (non-hydrogen) atoms. The van der Waals surface area contributed by atoms with Gasteiger partial charge in [0.25, 0.3) is 0 Å². The summed E-state index contributed by atoms with van der Waals surface area (Å²) in [6.07, 6.45) is -0.193. The zero-order valence-electron chi connectivity index (χ0n) is 40.7. The molecule has 1 heterocycles. The van der Waals surface area contributed by atoms with Crippen molar-refractivity contribution in [1.29, 1.82) is 0 Å². The van der Waals surface area contributed by atoms with Crippen LogP contribution in [-0.2, 0) is 52.7 Å². The normalized spacial score (nSPS) is 17.8. The number of likely N-dealkylation sites (tertiary alicyclic amines) is 1. The highest BCUT2D eigenvalue weighted by Crippen LogP contribution is 2.22. The van der Waals surface area contributed by atoms with Crippen molar-refractivity contribution in [2.24, 2.45) is 29.2 Å². The smallest absolute Gasteiger partial charge is 0.326 e. The van der Waals surface area contributed by atoms with Crippen LogP contribution in [0.15, 0.2) is 0 Å². The van der Waals surface area contributed by atoms with Crippen molar-refractivity contribution in [2.45, 2.75) is 173 Å². The van der Waals surface area contributed by atoms with Crippen LogP contribution in [0.25, 0.3) is 0 Å². The van der Waals surface area contributed by atoms with E-state index in [1.807, 2.05) is 6.92 Å². The maximum atomic E-state index is 13.9. The molecule has 1 rings (SSSR count). The molecule has 0 unspecified atom stereocenters. The van der Waals surface area contributed by atoms with Crippen molar-refractivity contribution in [3.8, 4) is 0 Å². The third kappa shape index (κ3) is 20.3. The SMILES string of the molecule is CC[C@H](C)[C@H](NC(=O)[C@H](CO)NC(=O)[C@@H](NC(=O)[C@@H]1CCCN1C(=O)[C@@H](NC(=O)[C@H](C)N)[C@@H](C)CC)C(C)C)C(=O)N[C@@H](CCC(=O)O)C(=O)N[C@@H](CCC(=O)O)C(=O)N[C@@H](CCCCN)C(=O)O. The number of hydrogen-bond donors (Lipinski definition) is 13. The number of rotatable bonds is 32. The van der Waals surface area contributed by atoms with Crippen LogP contribution in [0.4, 0.5) is 0 Å². The van der Waals surface area contributed by atoms with Gasteiger partial charge in [0.1, 0.15) is 48.3 Å². The number of aliphatic carboxylic acids is 3. The van der Waals surface area contributed by atoms with Crippen molar-refractivity contribution in [3.63, 3.8) is 0 Å². The lowest BCUT2D eigenvalue weighted by atomic mass is 9.96.